The summed E-state index contributed by atoms with van der Waals surface area (Å²) in [4.78, 5) is 25.2. The Morgan fingerprint density at radius 3 is 2.64 bits per heavy atom. The molecule has 0 radical (unpaired) electrons. The van der Waals surface area contributed by atoms with Crippen LogP contribution >= 0.6 is 11.6 Å². The van der Waals surface area contributed by atoms with E-state index in [0.717, 1.165) is 17.7 Å². The van der Waals surface area contributed by atoms with Crippen LogP contribution in [0.1, 0.15) is 23.7 Å². The Bertz CT molecular complexity index is 1210. The quantitative estimate of drug-likeness (QED) is 0.528. The number of benzene rings is 2. The maximum atomic E-state index is 13.1. The third-order valence-corrected chi connectivity index (χ3v) is 5.43. The van der Waals surface area contributed by atoms with Crippen molar-refractivity contribution in [1.29, 1.82) is 0 Å². The van der Waals surface area contributed by atoms with Gasteiger partial charge in [0.25, 0.3) is 5.91 Å². The molecule has 2 amide bonds. The molecule has 3 aromatic rings. The Labute approximate surface area is 191 Å². The summed E-state index contributed by atoms with van der Waals surface area (Å²) in [5.41, 5.74) is 0.933. The molecule has 0 bridgehead atoms. The molecule has 0 spiro atoms. The summed E-state index contributed by atoms with van der Waals surface area (Å²) in [6, 6.07) is 11.4. The van der Waals surface area contributed by atoms with Gasteiger partial charge in [0, 0.05) is 18.4 Å². The fourth-order valence-corrected chi connectivity index (χ4v) is 3.90. The third-order valence-electron chi connectivity index (χ3n) is 5.10. The summed E-state index contributed by atoms with van der Waals surface area (Å²) in [5, 5.41) is 9.15. The highest BCUT2D eigenvalue weighted by molar-refractivity contribution is 6.31. The summed E-state index contributed by atoms with van der Waals surface area (Å²) >= 11 is 5.62. The molecule has 2 aromatic carbocycles. The molecule has 0 fully saturated rings. The zero-order chi connectivity index (χ0) is 23.8. The van der Waals surface area contributed by atoms with Gasteiger partial charge in [0.05, 0.1) is 29.3 Å². The van der Waals surface area contributed by atoms with Gasteiger partial charge in [0.1, 0.15) is 11.9 Å². The molecule has 7 nitrogen and oxygen atoms in total. The Morgan fingerprint density at radius 1 is 1.24 bits per heavy atom. The molecule has 2 N–H and O–H groups in total. The number of methoxy groups -OCH3 is 1. The smallest absolute Gasteiger partial charge is 0.378 e. The number of amides is 2. The molecule has 1 aromatic heterocycles. The molecular formula is C22H18ClF3N4O3. The van der Waals surface area contributed by atoms with E-state index in [2.05, 4.69) is 15.7 Å². The summed E-state index contributed by atoms with van der Waals surface area (Å²) in [7, 11) is 1.52. The van der Waals surface area contributed by atoms with Crippen LogP contribution in [0, 0.1) is 0 Å². The van der Waals surface area contributed by atoms with Gasteiger partial charge in [-0.25, -0.2) is 4.68 Å². The number of hydrogen-bond acceptors (Lipinski definition) is 4. The lowest BCUT2D eigenvalue weighted by Gasteiger charge is -2.13. The van der Waals surface area contributed by atoms with E-state index in [1.807, 2.05) is 30.3 Å². The van der Waals surface area contributed by atoms with Gasteiger partial charge < -0.3 is 15.4 Å². The van der Waals surface area contributed by atoms with Crippen LogP contribution < -0.4 is 10.6 Å². The fraction of sp³-hybridized carbons (Fsp3) is 0.227. The van der Waals surface area contributed by atoms with Crippen LogP contribution in [0.2, 0.25) is 5.02 Å². The number of carbonyl (C=O) groups excluding carboxylic acids is 2. The molecule has 172 valence electrons. The van der Waals surface area contributed by atoms with Crippen molar-refractivity contribution >= 4 is 34.9 Å². The molecule has 4 rings (SSSR count). The van der Waals surface area contributed by atoms with Gasteiger partial charge in [-0.2, -0.15) is 18.3 Å². The van der Waals surface area contributed by atoms with E-state index >= 15 is 0 Å². The first-order chi connectivity index (χ1) is 15.7. The lowest BCUT2D eigenvalue weighted by molar-refractivity contribution is -0.137. The van der Waals surface area contributed by atoms with Crippen molar-refractivity contribution in [2.45, 2.75) is 25.2 Å². The van der Waals surface area contributed by atoms with Crippen molar-refractivity contribution in [3.05, 3.63) is 64.8 Å². The number of rotatable bonds is 6. The average molecular weight is 479 g/mol. The second-order valence-corrected chi connectivity index (χ2v) is 7.77. The van der Waals surface area contributed by atoms with Crippen molar-refractivity contribution in [2.75, 3.05) is 17.7 Å². The Kier molecular flexibility index (Phi) is 6.13. The Morgan fingerprint density at radius 2 is 1.97 bits per heavy atom. The van der Waals surface area contributed by atoms with Crippen molar-refractivity contribution in [1.82, 2.24) is 9.78 Å². The Hall–Kier alpha value is -3.37. The zero-order valence-electron chi connectivity index (χ0n) is 17.2. The molecule has 0 aliphatic carbocycles. The van der Waals surface area contributed by atoms with E-state index < -0.39 is 34.6 Å². The molecule has 2 heterocycles. The van der Waals surface area contributed by atoms with Crippen LogP contribution in [0.3, 0.4) is 0 Å². The maximum absolute atomic E-state index is 13.1. The zero-order valence-corrected chi connectivity index (χ0v) is 18.0. The lowest BCUT2D eigenvalue weighted by atomic mass is 10.1. The third kappa shape index (κ3) is 4.57. The molecule has 0 saturated heterocycles. The monoisotopic (exact) mass is 478 g/mol. The number of halogens is 4. The number of hydrogen-bond donors (Lipinski definition) is 2. The van der Waals surface area contributed by atoms with Gasteiger partial charge >= 0.3 is 6.18 Å². The molecule has 1 unspecified atom stereocenters. The maximum Gasteiger partial charge on any atom is 0.417 e. The number of alkyl halides is 3. The number of ether oxygens (including phenoxy) is 1. The first-order valence-electron chi connectivity index (χ1n) is 9.82. The van der Waals surface area contributed by atoms with Crippen LogP contribution in [-0.2, 0) is 27.1 Å². The molecule has 1 aliphatic heterocycles. The Balaban J connectivity index is 1.59. The largest absolute Gasteiger partial charge is 0.417 e. The molecule has 1 aliphatic rings. The van der Waals surface area contributed by atoms with E-state index in [0.29, 0.717) is 17.1 Å². The van der Waals surface area contributed by atoms with Gasteiger partial charge in [-0.3, -0.25) is 9.59 Å². The molecule has 1 atom stereocenters. The SMILES string of the molecule is COCc1nn2c(c1-c1ccccc1)NC(=O)C2CC(=O)Nc1ccc(Cl)c(C(F)(F)F)c1. The van der Waals surface area contributed by atoms with Crippen LogP contribution in [0.5, 0.6) is 0 Å². The van der Waals surface area contributed by atoms with E-state index in [1.165, 1.54) is 17.9 Å². The second kappa shape index (κ2) is 8.87. The minimum Gasteiger partial charge on any atom is -0.378 e. The lowest BCUT2D eigenvalue weighted by Crippen LogP contribution is -2.24. The van der Waals surface area contributed by atoms with E-state index in [9.17, 15) is 22.8 Å². The van der Waals surface area contributed by atoms with Gasteiger partial charge in [0.15, 0.2) is 0 Å². The number of fused-ring (bicyclic) bond motifs is 1. The number of aromatic nitrogens is 2. The van der Waals surface area contributed by atoms with Gasteiger partial charge in [-0.15, -0.1) is 0 Å². The highest BCUT2D eigenvalue weighted by atomic mass is 35.5. The fourth-order valence-electron chi connectivity index (χ4n) is 3.67. The van der Waals surface area contributed by atoms with E-state index in [-0.39, 0.29) is 18.7 Å². The summed E-state index contributed by atoms with van der Waals surface area (Å²) in [6.45, 7) is 0.185. The van der Waals surface area contributed by atoms with Crippen LogP contribution in [0.4, 0.5) is 24.7 Å². The molecule has 11 heteroatoms. The van der Waals surface area contributed by atoms with Crippen LogP contribution in [-0.4, -0.2) is 28.7 Å². The topological polar surface area (TPSA) is 85.2 Å². The number of carbonyl (C=O) groups is 2. The molecule has 0 saturated carbocycles. The summed E-state index contributed by atoms with van der Waals surface area (Å²) < 4.78 is 45.9. The minimum absolute atomic E-state index is 0.0825. The predicted octanol–water partition coefficient (Wildman–Crippen LogP) is 4.89. The normalized spacial score (nSPS) is 15.3. The van der Waals surface area contributed by atoms with E-state index in [4.69, 9.17) is 16.3 Å². The predicted molar refractivity (Wildman–Crippen MR) is 116 cm³/mol. The van der Waals surface area contributed by atoms with Gasteiger partial charge in [0.2, 0.25) is 5.91 Å². The second-order valence-electron chi connectivity index (χ2n) is 7.36. The number of nitrogens with one attached hydrogen (secondary N) is 2. The van der Waals surface area contributed by atoms with Crippen molar-refractivity contribution in [3.63, 3.8) is 0 Å². The highest BCUT2D eigenvalue weighted by Crippen LogP contribution is 2.39. The van der Waals surface area contributed by atoms with Crippen molar-refractivity contribution < 1.29 is 27.5 Å². The average Bonchev–Trinajstić information content (AvgIpc) is 3.24. The first kappa shape index (κ1) is 22.8. The summed E-state index contributed by atoms with van der Waals surface area (Å²) in [6.07, 6.45) is -5.00. The first-order valence-corrected chi connectivity index (χ1v) is 10.2. The van der Waals surface area contributed by atoms with Crippen LogP contribution in [0.25, 0.3) is 11.1 Å². The van der Waals surface area contributed by atoms with Gasteiger partial charge in [-0.1, -0.05) is 41.9 Å². The highest BCUT2D eigenvalue weighted by Gasteiger charge is 2.37. The standard InChI is InChI=1S/C22H18ClF3N4O3/c1-33-11-16-19(12-5-3-2-4-6-12)20-28-21(32)17(30(20)29-16)10-18(31)27-13-7-8-15(23)14(9-13)22(24,25)26/h2-9,17H,10-11H2,1H3,(H,27,31)(H,28,32). The molecule has 33 heavy (non-hydrogen) atoms. The van der Waals surface area contributed by atoms with Crippen molar-refractivity contribution in [2.24, 2.45) is 0 Å². The number of nitrogens with zero attached hydrogens (tertiary/aromatic N) is 2. The van der Waals surface area contributed by atoms with E-state index in [1.54, 1.807) is 0 Å². The number of anilines is 2. The van der Waals surface area contributed by atoms with Gasteiger partial charge in [-0.05, 0) is 23.8 Å². The molecular weight excluding hydrogens is 461 g/mol. The van der Waals surface area contributed by atoms with Crippen molar-refractivity contribution in [3.8, 4) is 11.1 Å². The minimum atomic E-state index is -4.67. The summed E-state index contributed by atoms with van der Waals surface area (Å²) in [5.74, 6) is -0.661. The van der Waals surface area contributed by atoms with Crippen LogP contribution in [0.15, 0.2) is 48.5 Å².